The highest BCUT2D eigenvalue weighted by molar-refractivity contribution is 5.56. The van der Waals surface area contributed by atoms with E-state index in [0.29, 0.717) is 16.7 Å². The van der Waals surface area contributed by atoms with Crippen LogP contribution in [0.5, 0.6) is 0 Å². The normalized spacial score (nSPS) is 57.6. The second-order valence-corrected chi connectivity index (χ2v) is 9.45. The molecule has 0 radical (unpaired) electrons. The summed E-state index contributed by atoms with van der Waals surface area (Å²) in [5.74, 6) is 3.54. The van der Waals surface area contributed by atoms with Crippen molar-refractivity contribution in [2.75, 3.05) is 0 Å². The van der Waals surface area contributed by atoms with E-state index < -0.39 is 0 Å². The highest BCUT2D eigenvalue weighted by Crippen LogP contribution is 2.67. The van der Waals surface area contributed by atoms with Crippen LogP contribution in [0.1, 0.15) is 71.6 Å². The van der Waals surface area contributed by atoms with Gasteiger partial charge in [-0.3, -0.25) is 0 Å². The Morgan fingerprint density at radius 1 is 0.909 bits per heavy atom. The molecule has 2 nitrogen and oxygen atoms in total. The van der Waals surface area contributed by atoms with Crippen molar-refractivity contribution in [3.63, 3.8) is 0 Å². The van der Waals surface area contributed by atoms with Gasteiger partial charge in [0.05, 0.1) is 6.10 Å². The average Bonchev–Trinajstić information content (AvgIpc) is 2.84. The molecule has 0 heterocycles. The number of hydrogen-bond donors (Lipinski definition) is 1. The maximum atomic E-state index is 11.5. The van der Waals surface area contributed by atoms with Crippen molar-refractivity contribution in [3.8, 4) is 0 Å². The van der Waals surface area contributed by atoms with Crippen molar-refractivity contribution >= 4 is 6.29 Å². The summed E-state index contributed by atoms with van der Waals surface area (Å²) in [5, 5.41) is 10.1. The number of fused-ring (bicyclic) bond motifs is 5. The lowest BCUT2D eigenvalue weighted by Gasteiger charge is -2.60. The molecular weight excluding hydrogens is 272 g/mol. The van der Waals surface area contributed by atoms with Crippen LogP contribution in [0.15, 0.2) is 0 Å². The average molecular weight is 304 g/mol. The predicted octanol–water partition coefficient (Wildman–Crippen LogP) is 4.21. The number of aliphatic hydroxyl groups excluding tert-OH is 1. The van der Waals surface area contributed by atoms with Crippen LogP contribution in [0, 0.1) is 40.4 Å². The molecule has 1 N–H and O–H groups in total. The fourth-order valence-electron chi connectivity index (χ4n) is 7.50. The van der Waals surface area contributed by atoms with E-state index in [4.69, 9.17) is 0 Å². The van der Waals surface area contributed by atoms with Crippen LogP contribution in [0.2, 0.25) is 0 Å². The van der Waals surface area contributed by atoms with E-state index in [1.54, 1.807) is 0 Å². The van der Waals surface area contributed by atoms with Gasteiger partial charge >= 0.3 is 0 Å². The summed E-state index contributed by atoms with van der Waals surface area (Å²) in [6, 6.07) is 0. The zero-order valence-electron chi connectivity index (χ0n) is 14.3. The summed E-state index contributed by atoms with van der Waals surface area (Å²) in [5.41, 5.74) is 0.753. The SMILES string of the molecule is C[C@]12CC[C@H](O)CC1CC[C@@H]1[C@@H]2CC[C@]2(C)C(C=O)CC[C@@H]12. The van der Waals surface area contributed by atoms with Gasteiger partial charge in [0, 0.05) is 5.92 Å². The highest BCUT2D eigenvalue weighted by atomic mass is 16.3. The smallest absolute Gasteiger partial charge is 0.123 e. The van der Waals surface area contributed by atoms with Crippen LogP contribution in [0.25, 0.3) is 0 Å². The van der Waals surface area contributed by atoms with E-state index in [1.165, 1.54) is 44.8 Å². The van der Waals surface area contributed by atoms with E-state index in [0.717, 1.165) is 42.9 Å². The Morgan fingerprint density at radius 3 is 2.41 bits per heavy atom. The first kappa shape index (κ1) is 15.2. The quantitative estimate of drug-likeness (QED) is 0.737. The van der Waals surface area contributed by atoms with Gasteiger partial charge < -0.3 is 9.90 Å². The molecule has 4 rings (SSSR count). The molecule has 0 amide bonds. The summed E-state index contributed by atoms with van der Waals surface area (Å²) in [6.45, 7) is 4.95. The zero-order valence-corrected chi connectivity index (χ0v) is 14.3. The van der Waals surface area contributed by atoms with Gasteiger partial charge in [0.1, 0.15) is 6.29 Å². The minimum absolute atomic E-state index is 0.0468. The molecule has 0 aliphatic heterocycles. The maximum absolute atomic E-state index is 11.5. The van der Waals surface area contributed by atoms with Gasteiger partial charge in [-0.15, -0.1) is 0 Å². The molecule has 0 aromatic rings. The fraction of sp³-hybridized carbons (Fsp3) is 0.950. The molecule has 4 saturated carbocycles. The van der Waals surface area contributed by atoms with E-state index in [1.807, 2.05) is 0 Å². The molecule has 0 saturated heterocycles. The van der Waals surface area contributed by atoms with Crippen LogP contribution < -0.4 is 0 Å². The second-order valence-electron chi connectivity index (χ2n) is 9.45. The van der Waals surface area contributed by atoms with E-state index >= 15 is 0 Å². The van der Waals surface area contributed by atoms with Gasteiger partial charge in [0.25, 0.3) is 0 Å². The van der Waals surface area contributed by atoms with Gasteiger partial charge in [0.15, 0.2) is 0 Å². The fourth-order valence-corrected chi connectivity index (χ4v) is 7.50. The van der Waals surface area contributed by atoms with Crippen molar-refractivity contribution in [1.82, 2.24) is 0 Å². The first-order valence-corrected chi connectivity index (χ1v) is 9.62. The summed E-state index contributed by atoms with van der Waals surface area (Å²) < 4.78 is 0. The number of aldehydes is 1. The Hall–Kier alpha value is -0.370. The van der Waals surface area contributed by atoms with Crippen LogP contribution in [-0.2, 0) is 4.79 Å². The molecule has 0 bridgehead atoms. The first-order chi connectivity index (χ1) is 10.5. The lowest BCUT2D eigenvalue weighted by atomic mass is 9.45. The monoisotopic (exact) mass is 304 g/mol. The van der Waals surface area contributed by atoms with Crippen molar-refractivity contribution in [2.24, 2.45) is 40.4 Å². The van der Waals surface area contributed by atoms with Crippen molar-refractivity contribution < 1.29 is 9.90 Å². The van der Waals surface area contributed by atoms with Crippen LogP contribution >= 0.6 is 0 Å². The molecule has 0 spiro atoms. The van der Waals surface area contributed by atoms with E-state index in [-0.39, 0.29) is 6.10 Å². The van der Waals surface area contributed by atoms with E-state index in [9.17, 15) is 9.90 Å². The lowest BCUT2D eigenvalue weighted by molar-refractivity contribution is -0.133. The van der Waals surface area contributed by atoms with Crippen molar-refractivity contribution in [1.29, 1.82) is 0 Å². The first-order valence-electron chi connectivity index (χ1n) is 9.62. The Labute approximate surface area is 135 Å². The minimum Gasteiger partial charge on any atom is -0.393 e. The molecule has 0 aromatic carbocycles. The van der Waals surface area contributed by atoms with Gasteiger partial charge in [-0.1, -0.05) is 13.8 Å². The van der Waals surface area contributed by atoms with Crippen LogP contribution in [0.3, 0.4) is 0 Å². The Bertz CT molecular complexity index is 461. The zero-order chi connectivity index (χ0) is 15.5. The van der Waals surface area contributed by atoms with Crippen LogP contribution in [-0.4, -0.2) is 17.5 Å². The van der Waals surface area contributed by atoms with Crippen molar-refractivity contribution in [2.45, 2.75) is 77.7 Å². The summed E-state index contributed by atoms with van der Waals surface area (Å²) >= 11 is 0. The molecule has 8 atom stereocenters. The third kappa shape index (κ3) is 1.92. The lowest BCUT2D eigenvalue weighted by Crippen LogP contribution is -2.54. The number of hydrogen-bond acceptors (Lipinski definition) is 2. The third-order valence-electron chi connectivity index (χ3n) is 8.88. The van der Waals surface area contributed by atoms with Crippen molar-refractivity contribution in [3.05, 3.63) is 0 Å². The third-order valence-corrected chi connectivity index (χ3v) is 8.88. The molecule has 4 fully saturated rings. The maximum Gasteiger partial charge on any atom is 0.123 e. The second kappa shape index (κ2) is 5.06. The number of carbonyl (C=O) groups is 1. The van der Waals surface area contributed by atoms with Gasteiger partial charge in [-0.05, 0) is 92.3 Å². The van der Waals surface area contributed by atoms with Gasteiger partial charge in [0.2, 0.25) is 0 Å². The van der Waals surface area contributed by atoms with Gasteiger partial charge in [-0.2, -0.15) is 0 Å². The molecule has 2 heteroatoms. The molecule has 22 heavy (non-hydrogen) atoms. The molecule has 4 aliphatic carbocycles. The Kier molecular flexibility index (Phi) is 3.49. The topological polar surface area (TPSA) is 37.3 Å². The molecule has 4 aliphatic rings. The Balaban J connectivity index is 1.62. The molecular formula is C20H32O2. The summed E-state index contributed by atoms with van der Waals surface area (Å²) in [6.07, 6.45) is 12.2. The van der Waals surface area contributed by atoms with Crippen LogP contribution in [0.4, 0.5) is 0 Å². The Morgan fingerprint density at radius 2 is 1.64 bits per heavy atom. The molecule has 2 unspecified atom stereocenters. The molecule has 0 aromatic heterocycles. The summed E-state index contributed by atoms with van der Waals surface area (Å²) in [4.78, 5) is 11.5. The highest BCUT2D eigenvalue weighted by Gasteiger charge is 2.59. The minimum atomic E-state index is -0.0468. The predicted molar refractivity (Wildman–Crippen MR) is 87.3 cm³/mol. The van der Waals surface area contributed by atoms with E-state index in [2.05, 4.69) is 13.8 Å². The number of carbonyl (C=O) groups excluding carboxylic acids is 1. The number of rotatable bonds is 1. The molecule has 124 valence electrons. The summed E-state index contributed by atoms with van der Waals surface area (Å²) in [7, 11) is 0. The van der Waals surface area contributed by atoms with Gasteiger partial charge in [-0.25, -0.2) is 0 Å². The standard InChI is InChI=1S/C20H32O2/c1-19-9-7-15(22)11-13(19)3-5-16-17-6-4-14(12-21)20(17,2)10-8-18(16)19/h12-18,22H,3-11H2,1-2H3/t13?,14?,15-,16-,17-,18-,19-,20+/m0/s1. The number of aliphatic hydroxyl groups is 1. The largest absolute Gasteiger partial charge is 0.393 e.